The molecule has 0 radical (unpaired) electrons. The third kappa shape index (κ3) is 7.13. The molecule has 0 bridgehead atoms. The van der Waals surface area contributed by atoms with Gasteiger partial charge in [-0.1, -0.05) is 74.5 Å². The maximum atomic E-state index is 13.6. The zero-order chi connectivity index (χ0) is 28.9. The number of carbonyl (C=O) groups excluding carboxylic acids is 3. The molecule has 1 saturated heterocycles. The van der Waals surface area contributed by atoms with Crippen molar-refractivity contribution in [3.05, 3.63) is 70.8 Å². The quantitative estimate of drug-likeness (QED) is 0.309. The van der Waals surface area contributed by atoms with Crippen LogP contribution >= 0.6 is 0 Å². The average Bonchev–Trinajstić information content (AvgIpc) is 3.01. The summed E-state index contributed by atoms with van der Waals surface area (Å²) in [4.78, 5) is 53.9. The molecule has 2 aromatic rings. The van der Waals surface area contributed by atoms with Gasteiger partial charge in [0.1, 0.15) is 11.6 Å². The molecule has 8 nitrogen and oxygen atoms in total. The number of carboxylic acids is 1. The highest BCUT2D eigenvalue weighted by molar-refractivity contribution is 6.09. The summed E-state index contributed by atoms with van der Waals surface area (Å²) in [5.41, 5.74) is 3.05. The minimum atomic E-state index is -1.15. The van der Waals surface area contributed by atoms with Gasteiger partial charge in [0.15, 0.2) is 0 Å². The number of aryl methyl sites for hydroxylation is 1. The molecular formula is C31H39N3O5. The van der Waals surface area contributed by atoms with Crippen LogP contribution in [0, 0.1) is 12.8 Å². The van der Waals surface area contributed by atoms with E-state index in [2.05, 4.69) is 30.4 Å². The maximum Gasteiger partial charge on any atom is 0.328 e. The largest absolute Gasteiger partial charge is 0.481 e. The Morgan fingerprint density at radius 1 is 1.00 bits per heavy atom. The Labute approximate surface area is 230 Å². The van der Waals surface area contributed by atoms with Gasteiger partial charge in [0.2, 0.25) is 5.91 Å². The molecule has 208 valence electrons. The first-order valence-corrected chi connectivity index (χ1v) is 13.3. The van der Waals surface area contributed by atoms with Gasteiger partial charge >= 0.3 is 12.0 Å². The Balaban J connectivity index is 1.79. The molecule has 1 aliphatic heterocycles. The number of nitrogens with one attached hydrogen (secondary N) is 1. The summed E-state index contributed by atoms with van der Waals surface area (Å²) in [6.45, 7) is 11.0. The van der Waals surface area contributed by atoms with Crippen molar-refractivity contribution < 1.29 is 24.3 Å². The van der Waals surface area contributed by atoms with Gasteiger partial charge < -0.3 is 15.3 Å². The number of carbonyl (C=O) groups is 4. The highest BCUT2D eigenvalue weighted by Crippen LogP contribution is 2.32. The third-order valence-electron chi connectivity index (χ3n) is 7.00. The van der Waals surface area contributed by atoms with Crippen LogP contribution in [0.25, 0.3) is 12.2 Å². The number of amides is 4. The van der Waals surface area contributed by atoms with Gasteiger partial charge in [-0.15, -0.1) is 0 Å². The molecule has 39 heavy (non-hydrogen) atoms. The van der Waals surface area contributed by atoms with E-state index in [0.29, 0.717) is 0 Å². The van der Waals surface area contributed by atoms with Gasteiger partial charge in [-0.25, -0.2) is 9.69 Å². The van der Waals surface area contributed by atoms with Crippen LogP contribution in [0.2, 0.25) is 0 Å². The fraction of sp³-hybridized carbons (Fsp3) is 0.419. The lowest BCUT2D eigenvalue weighted by molar-refractivity contribution is -0.140. The monoisotopic (exact) mass is 533 g/mol. The number of aliphatic carboxylic acids is 1. The summed E-state index contributed by atoms with van der Waals surface area (Å²) in [5, 5.41) is 11.7. The van der Waals surface area contributed by atoms with E-state index >= 15 is 0 Å². The van der Waals surface area contributed by atoms with Crippen LogP contribution < -0.4 is 5.32 Å². The smallest absolute Gasteiger partial charge is 0.328 e. The summed E-state index contributed by atoms with van der Waals surface area (Å²) in [7, 11) is 0. The zero-order valence-electron chi connectivity index (χ0n) is 23.6. The fourth-order valence-corrected chi connectivity index (χ4v) is 4.71. The molecule has 0 aliphatic carbocycles. The molecule has 2 atom stereocenters. The minimum absolute atomic E-state index is 0.0218. The average molecular weight is 534 g/mol. The van der Waals surface area contributed by atoms with Crippen molar-refractivity contribution in [2.24, 2.45) is 5.92 Å². The second-order valence-electron chi connectivity index (χ2n) is 11.2. The van der Waals surface area contributed by atoms with Crippen LogP contribution in [0.1, 0.15) is 69.7 Å². The predicted octanol–water partition coefficient (Wildman–Crippen LogP) is 5.10. The Kier molecular flexibility index (Phi) is 9.32. The van der Waals surface area contributed by atoms with Gasteiger partial charge in [-0.05, 0) is 62.3 Å². The van der Waals surface area contributed by atoms with Crippen LogP contribution in [0.5, 0.6) is 0 Å². The number of nitrogens with zero attached hydrogens (tertiary/aromatic N) is 2. The molecule has 4 amide bonds. The van der Waals surface area contributed by atoms with Crippen LogP contribution in [0.3, 0.4) is 0 Å². The van der Waals surface area contributed by atoms with E-state index in [4.69, 9.17) is 5.11 Å². The van der Waals surface area contributed by atoms with E-state index in [0.717, 1.165) is 21.6 Å². The Bertz CT molecular complexity index is 1250. The standard InChI is InChI=1S/C31H39N3O5/c1-20(2)17-26(28(37)32-22(4)18-27(35)36)34-29(38)31(5,6)33(30(34)39)19-24-13-11-23(12-14-24)15-16-25-10-8-7-9-21(25)3/h7-16,20,22,26H,17-19H2,1-6H3,(H,32,37)(H,35,36)/b16-15+. The molecule has 0 saturated carbocycles. The Morgan fingerprint density at radius 2 is 1.64 bits per heavy atom. The lowest BCUT2D eigenvalue weighted by Gasteiger charge is -2.28. The molecule has 1 aliphatic rings. The number of urea groups is 1. The van der Waals surface area contributed by atoms with Crippen molar-refractivity contribution >= 4 is 36.0 Å². The van der Waals surface area contributed by atoms with Crippen molar-refractivity contribution in [2.45, 2.75) is 78.6 Å². The summed E-state index contributed by atoms with van der Waals surface area (Å²) >= 11 is 0. The minimum Gasteiger partial charge on any atom is -0.481 e. The van der Waals surface area contributed by atoms with Crippen molar-refractivity contribution in [3.8, 4) is 0 Å². The second-order valence-corrected chi connectivity index (χ2v) is 11.2. The lowest BCUT2D eigenvalue weighted by atomic mass is 9.99. The van der Waals surface area contributed by atoms with Crippen molar-refractivity contribution in [1.29, 1.82) is 0 Å². The molecule has 2 aromatic carbocycles. The van der Waals surface area contributed by atoms with Gasteiger partial charge in [-0.3, -0.25) is 14.4 Å². The van der Waals surface area contributed by atoms with Crippen LogP contribution in [0.15, 0.2) is 48.5 Å². The normalized spacial score (nSPS) is 16.7. The molecule has 0 spiro atoms. The molecule has 3 rings (SSSR count). The first kappa shape index (κ1) is 29.6. The third-order valence-corrected chi connectivity index (χ3v) is 7.00. The Hall–Kier alpha value is -3.94. The van der Waals surface area contributed by atoms with Crippen molar-refractivity contribution in [2.75, 3.05) is 0 Å². The second kappa shape index (κ2) is 12.3. The predicted molar refractivity (Wildman–Crippen MR) is 152 cm³/mol. The van der Waals surface area contributed by atoms with E-state index in [9.17, 15) is 19.2 Å². The highest BCUT2D eigenvalue weighted by atomic mass is 16.4. The van der Waals surface area contributed by atoms with E-state index in [1.807, 2.05) is 56.3 Å². The van der Waals surface area contributed by atoms with E-state index in [1.165, 1.54) is 10.5 Å². The van der Waals surface area contributed by atoms with E-state index in [-0.39, 0.29) is 25.3 Å². The number of imide groups is 1. The number of hydrogen-bond donors (Lipinski definition) is 2. The van der Waals surface area contributed by atoms with Crippen LogP contribution in [-0.2, 0) is 20.9 Å². The van der Waals surface area contributed by atoms with Crippen LogP contribution in [-0.4, -0.2) is 56.3 Å². The number of carboxylic acid groups (broad SMARTS) is 1. The molecule has 1 heterocycles. The lowest BCUT2D eigenvalue weighted by Crippen LogP contribution is -2.53. The molecule has 2 unspecified atom stereocenters. The molecule has 0 aromatic heterocycles. The van der Waals surface area contributed by atoms with Crippen LogP contribution in [0.4, 0.5) is 4.79 Å². The summed E-state index contributed by atoms with van der Waals surface area (Å²) < 4.78 is 0. The number of benzene rings is 2. The molecule has 1 fully saturated rings. The number of rotatable bonds is 11. The van der Waals surface area contributed by atoms with E-state index < -0.39 is 41.4 Å². The topological polar surface area (TPSA) is 107 Å². The SMILES string of the molecule is Cc1ccccc1/C=C/c1ccc(CN2C(=O)N(C(CC(C)C)C(=O)NC(C)CC(=O)O)C(=O)C2(C)C)cc1. The molecular weight excluding hydrogens is 494 g/mol. The zero-order valence-corrected chi connectivity index (χ0v) is 23.6. The number of hydrogen-bond acceptors (Lipinski definition) is 4. The highest BCUT2D eigenvalue weighted by Gasteiger charge is 2.54. The summed E-state index contributed by atoms with van der Waals surface area (Å²) in [5.74, 6) is -1.99. The summed E-state index contributed by atoms with van der Waals surface area (Å²) in [6, 6.07) is 13.7. The summed E-state index contributed by atoms with van der Waals surface area (Å²) in [6.07, 6.45) is 4.11. The van der Waals surface area contributed by atoms with Crippen molar-refractivity contribution in [1.82, 2.24) is 15.1 Å². The van der Waals surface area contributed by atoms with E-state index in [1.54, 1.807) is 20.8 Å². The maximum absolute atomic E-state index is 13.6. The van der Waals surface area contributed by atoms with Gasteiger partial charge in [0.05, 0.1) is 6.42 Å². The van der Waals surface area contributed by atoms with Gasteiger partial charge in [0.25, 0.3) is 5.91 Å². The first-order valence-electron chi connectivity index (χ1n) is 13.3. The molecule has 8 heteroatoms. The van der Waals surface area contributed by atoms with Gasteiger partial charge in [0, 0.05) is 12.6 Å². The van der Waals surface area contributed by atoms with Gasteiger partial charge in [-0.2, -0.15) is 0 Å². The fourth-order valence-electron chi connectivity index (χ4n) is 4.71. The molecule has 2 N–H and O–H groups in total. The first-order chi connectivity index (χ1) is 18.3. The van der Waals surface area contributed by atoms with Crippen molar-refractivity contribution in [3.63, 3.8) is 0 Å². The Morgan fingerprint density at radius 3 is 2.23 bits per heavy atom.